The summed E-state index contributed by atoms with van der Waals surface area (Å²) in [7, 11) is 0. The first kappa shape index (κ1) is 12.9. The van der Waals surface area contributed by atoms with Crippen molar-refractivity contribution < 1.29 is 0 Å². The van der Waals surface area contributed by atoms with E-state index in [9.17, 15) is 0 Å². The predicted molar refractivity (Wildman–Crippen MR) is 59.9 cm³/mol. The minimum absolute atomic E-state index is 0.537. The molecule has 0 fully saturated rings. The molecule has 0 saturated carbocycles. The van der Waals surface area contributed by atoms with Crippen LogP contribution in [-0.2, 0) is 0 Å². The predicted octanol–water partition coefficient (Wildman–Crippen LogP) is 2.64. The Morgan fingerprint density at radius 3 is 2.38 bits per heavy atom. The van der Waals surface area contributed by atoms with Gasteiger partial charge in [0.2, 0.25) is 0 Å². The zero-order valence-corrected chi connectivity index (χ0v) is 10.3. The normalized spacial score (nSPS) is 13.3. The number of hydrogen-bond acceptors (Lipinski definition) is 2. The lowest BCUT2D eigenvalue weighted by Gasteiger charge is -2.27. The van der Waals surface area contributed by atoms with E-state index in [-0.39, 0.29) is 0 Å². The first-order chi connectivity index (χ1) is 6.11. The lowest BCUT2D eigenvalue weighted by atomic mass is 10.1. The number of hydrogen-bond donors (Lipinski definition) is 0. The lowest BCUT2D eigenvalue weighted by molar-refractivity contribution is 0.204. The molecule has 0 aliphatic carbocycles. The average Bonchev–Trinajstić information content (AvgIpc) is 2.11. The van der Waals surface area contributed by atoms with Crippen molar-refractivity contribution in [3.05, 3.63) is 0 Å². The van der Waals surface area contributed by atoms with E-state index in [1.807, 2.05) is 0 Å². The van der Waals surface area contributed by atoms with E-state index in [0.717, 1.165) is 18.4 Å². The molecule has 0 aliphatic heterocycles. The van der Waals surface area contributed by atoms with Gasteiger partial charge < -0.3 is 0 Å². The van der Waals surface area contributed by atoms with Gasteiger partial charge in [0, 0.05) is 30.9 Å². The zero-order valence-electron chi connectivity index (χ0n) is 8.76. The first-order valence-electron chi connectivity index (χ1n) is 4.78. The Morgan fingerprint density at radius 2 is 2.00 bits per heavy atom. The summed E-state index contributed by atoms with van der Waals surface area (Å²) in [5.74, 6) is 0.654. The van der Waals surface area contributed by atoms with Gasteiger partial charge in [-0.3, -0.25) is 4.90 Å². The smallest absolute Gasteiger partial charge is 0.0635 e. The Morgan fingerprint density at radius 1 is 1.38 bits per heavy atom. The van der Waals surface area contributed by atoms with Crippen LogP contribution in [0.5, 0.6) is 0 Å². The molecule has 0 aromatic heterocycles. The molecule has 0 heterocycles. The van der Waals surface area contributed by atoms with Crippen LogP contribution in [-0.4, -0.2) is 29.4 Å². The highest BCUT2D eigenvalue weighted by atomic mass is 79.9. The summed E-state index contributed by atoms with van der Waals surface area (Å²) in [5.41, 5.74) is 0. The van der Waals surface area contributed by atoms with Crippen molar-refractivity contribution in [2.75, 3.05) is 18.4 Å². The van der Waals surface area contributed by atoms with Gasteiger partial charge in [-0.1, -0.05) is 22.9 Å². The quantitative estimate of drug-likeness (QED) is 0.674. The molecule has 0 rings (SSSR count). The summed E-state index contributed by atoms with van der Waals surface area (Å²) in [5, 5.41) is 9.53. The highest BCUT2D eigenvalue weighted by Gasteiger charge is 2.11. The van der Waals surface area contributed by atoms with Gasteiger partial charge >= 0.3 is 0 Å². The van der Waals surface area contributed by atoms with Crippen LogP contribution in [0, 0.1) is 17.2 Å². The summed E-state index contributed by atoms with van der Waals surface area (Å²) in [6, 6.07) is 2.73. The Hall–Kier alpha value is -0.0700. The van der Waals surface area contributed by atoms with Crippen molar-refractivity contribution >= 4 is 15.9 Å². The van der Waals surface area contributed by atoms with Gasteiger partial charge in [-0.25, -0.2) is 0 Å². The van der Waals surface area contributed by atoms with E-state index in [4.69, 9.17) is 5.26 Å². The van der Waals surface area contributed by atoms with E-state index < -0.39 is 0 Å². The van der Waals surface area contributed by atoms with Gasteiger partial charge in [0.15, 0.2) is 0 Å². The van der Waals surface area contributed by atoms with Crippen LogP contribution in [0.4, 0.5) is 0 Å². The molecular formula is C10H19BrN2. The number of nitrogens with zero attached hydrogens (tertiary/aromatic N) is 2. The largest absolute Gasteiger partial charge is 0.300 e. The second-order valence-corrected chi connectivity index (χ2v) is 4.40. The van der Waals surface area contributed by atoms with Crippen LogP contribution in [0.3, 0.4) is 0 Å². The summed E-state index contributed by atoms with van der Waals surface area (Å²) in [6.45, 7) is 8.54. The van der Waals surface area contributed by atoms with Gasteiger partial charge in [0.25, 0.3) is 0 Å². The van der Waals surface area contributed by atoms with Crippen LogP contribution in [0.25, 0.3) is 0 Å². The molecule has 0 radical (unpaired) electrons. The Bertz CT molecular complexity index is 163. The van der Waals surface area contributed by atoms with E-state index in [1.54, 1.807) is 0 Å². The van der Waals surface area contributed by atoms with Crippen molar-refractivity contribution in [2.45, 2.75) is 33.2 Å². The maximum Gasteiger partial charge on any atom is 0.0635 e. The molecule has 0 bridgehead atoms. The van der Waals surface area contributed by atoms with E-state index >= 15 is 0 Å². The topological polar surface area (TPSA) is 27.0 Å². The third kappa shape index (κ3) is 6.06. The summed E-state index contributed by atoms with van der Waals surface area (Å²) in [6.07, 6.45) is 0.632. The van der Waals surface area contributed by atoms with E-state index in [2.05, 4.69) is 47.7 Å². The molecule has 1 unspecified atom stereocenters. The molecular weight excluding hydrogens is 228 g/mol. The monoisotopic (exact) mass is 246 g/mol. The van der Waals surface area contributed by atoms with Crippen LogP contribution < -0.4 is 0 Å². The Kier molecular flexibility index (Phi) is 7.31. The maximum atomic E-state index is 8.50. The van der Waals surface area contributed by atoms with Gasteiger partial charge in [0.05, 0.1) is 6.07 Å². The molecule has 3 heteroatoms. The average molecular weight is 247 g/mol. The highest BCUT2D eigenvalue weighted by Crippen LogP contribution is 2.07. The van der Waals surface area contributed by atoms with Crippen LogP contribution in [0.1, 0.15) is 27.2 Å². The van der Waals surface area contributed by atoms with Crippen LogP contribution in [0.15, 0.2) is 0 Å². The van der Waals surface area contributed by atoms with Gasteiger partial charge in [-0.05, 0) is 19.8 Å². The molecule has 0 amide bonds. The second kappa shape index (κ2) is 7.34. The molecule has 76 valence electrons. The molecule has 0 spiro atoms. The molecule has 13 heavy (non-hydrogen) atoms. The number of alkyl halides is 1. The molecule has 1 atom stereocenters. The minimum Gasteiger partial charge on any atom is -0.300 e. The maximum absolute atomic E-state index is 8.50. The fraction of sp³-hybridized carbons (Fsp3) is 0.900. The molecule has 0 saturated heterocycles. The molecule has 2 nitrogen and oxygen atoms in total. The molecule has 0 aliphatic rings. The fourth-order valence-corrected chi connectivity index (χ4v) is 1.41. The van der Waals surface area contributed by atoms with Crippen molar-refractivity contribution in [1.82, 2.24) is 4.90 Å². The van der Waals surface area contributed by atoms with Crippen molar-refractivity contribution in [3.63, 3.8) is 0 Å². The molecule has 0 aromatic rings. The summed E-state index contributed by atoms with van der Waals surface area (Å²) in [4.78, 5) is 2.36. The van der Waals surface area contributed by atoms with Crippen molar-refractivity contribution in [1.29, 1.82) is 5.26 Å². The van der Waals surface area contributed by atoms with Crippen molar-refractivity contribution in [3.8, 4) is 6.07 Å². The fourth-order valence-electron chi connectivity index (χ4n) is 1.20. The summed E-state index contributed by atoms with van der Waals surface area (Å²) >= 11 is 3.47. The SMILES string of the molecule is CC(CBr)CN(CCC#N)C(C)C. The van der Waals surface area contributed by atoms with Crippen molar-refractivity contribution in [2.24, 2.45) is 5.92 Å². The number of rotatable bonds is 6. The first-order valence-corrected chi connectivity index (χ1v) is 5.91. The number of nitriles is 1. The van der Waals surface area contributed by atoms with Crippen LogP contribution in [0.2, 0.25) is 0 Å². The Balaban J connectivity index is 3.88. The molecule has 0 aromatic carbocycles. The molecule has 0 N–H and O–H groups in total. The lowest BCUT2D eigenvalue weighted by Crippen LogP contribution is -2.35. The third-order valence-corrected chi connectivity index (χ3v) is 3.16. The standard InChI is InChI=1S/C10H19BrN2/c1-9(2)13(6-4-5-12)8-10(3)7-11/h9-10H,4,6-8H2,1-3H3. The summed E-state index contributed by atoms with van der Waals surface area (Å²) < 4.78 is 0. The van der Waals surface area contributed by atoms with Crippen LogP contribution >= 0.6 is 15.9 Å². The minimum atomic E-state index is 0.537. The van der Waals surface area contributed by atoms with E-state index in [1.165, 1.54) is 0 Å². The Labute approximate surface area is 90.0 Å². The van der Waals surface area contributed by atoms with Gasteiger partial charge in [-0.15, -0.1) is 0 Å². The zero-order chi connectivity index (χ0) is 10.3. The van der Waals surface area contributed by atoms with Gasteiger partial charge in [0.1, 0.15) is 0 Å². The van der Waals surface area contributed by atoms with E-state index in [0.29, 0.717) is 18.4 Å². The number of halogens is 1. The van der Waals surface area contributed by atoms with Gasteiger partial charge in [-0.2, -0.15) is 5.26 Å². The highest BCUT2D eigenvalue weighted by molar-refractivity contribution is 9.09. The third-order valence-electron chi connectivity index (χ3n) is 2.05. The second-order valence-electron chi connectivity index (χ2n) is 3.76.